The Bertz CT molecular complexity index is 851. The van der Waals surface area contributed by atoms with Crippen molar-refractivity contribution in [1.82, 2.24) is 14.3 Å². The lowest BCUT2D eigenvalue weighted by atomic mass is 10.1. The van der Waals surface area contributed by atoms with E-state index in [9.17, 15) is 18.5 Å². The Morgan fingerprint density at radius 3 is 2.64 bits per heavy atom. The number of hydrogen-bond acceptors (Lipinski definition) is 7. The van der Waals surface area contributed by atoms with Crippen molar-refractivity contribution in [2.24, 2.45) is 0 Å². The summed E-state index contributed by atoms with van der Waals surface area (Å²) < 4.78 is 32.4. The quantitative estimate of drug-likeness (QED) is 0.584. The van der Waals surface area contributed by atoms with Gasteiger partial charge in [0.25, 0.3) is 5.69 Å². The Kier molecular flexibility index (Phi) is 4.91. The van der Waals surface area contributed by atoms with Crippen LogP contribution in [0.1, 0.15) is 12.8 Å². The minimum atomic E-state index is -3.77. The number of aromatic nitrogens is 2. The van der Waals surface area contributed by atoms with E-state index in [1.807, 2.05) is 0 Å². The van der Waals surface area contributed by atoms with Gasteiger partial charge in [0.15, 0.2) is 0 Å². The van der Waals surface area contributed by atoms with Gasteiger partial charge in [-0.15, -0.1) is 0 Å². The van der Waals surface area contributed by atoms with Crippen LogP contribution in [-0.2, 0) is 10.0 Å². The molecule has 1 fully saturated rings. The van der Waals surface area contributed by atoms with Gasteiger partial charge in [-0.05, 0) is 18.9 Å². The topological polar surface area (TPSA) is 116 Å². The largest absolute Gasteiger partial charge is 0.474 e. The van der Waals surface area contributed by atoms with E-state index >= 15 is 0 Å². The summed E-state index contributed by atoms with van der Waals surface area (Å²) in [5, 5.41) is 10.8. The highest BCUT2D eigenvalue weighted by Gasteiger charge is 2.31. The van der Waals surface area contributed by atoms with Crippen molar-refractivity contribution < 1.29 is 18.1 Å². The van der Waals surface area contributed by atoms with E-state index < -0.39 is 14.9 Å². The highest BCUT2D eigenvalue weighted by atomic mass is 32.2. The summed E-state index contributed by atoms with van der Waals surface area (Å²) in [4.78, 5) is 18.0. The lowest BCUT2D eigenvalue weighted by molar-refractivity contribution is -0.385. The molecule has 0 saturated carbocycles. The standard InChI is InChI=1S/C15H16N4O5S/c20-19(21)12-2-1-3-14(10-12)25(22,23)18-8-5-13(6-9-18)24-15-4-7-16-11-17-15/h1-4,7,10-11,13H,5-6,8-9H2. The van der Waals surface area contributed by atoms with Crippen LogP contribution in [0.3, 0.4) is 0 Å². The molecule has 0 radical (unpaired) electrons. The summed E-state index contributed by atoms with van der Waals surface area (Å²) in [5.41, 5.74) is -0.247. The molecule has 3 rings (SSSR count). The molecule has 9 nitrogen and oxygen atoms in total. The van der Waals surface area contributed by atoms with Gasteiger partial charge >= 0.3 is 0 Å². The van der Waals surface area contributed by atoms with Crippen LogP contribution < -0.4 is 4.74 Å². The van der Waals surface area contributed by atoms with Crippen molar-refractivity contribution in [3.05, 3.63) is 53.0 Å². The molecule has 0 N–H and O–H groups in total. The highest BCUT2D eigenvalue weighted by Crippen LogP contribution is 2.25. The van der Waals surface area contributed by atoms with Crippen molar-refractivity contribution in [1.29, 1.82) is 0 Å². The fraction of sp³-hybridized carbons (Fsp3) is 0.333. The maximum absolute atomic E-state index is 12.7. The molecule has 1 aromatic heterocycles. The SMILES string of the molecule is O=[N+]([O-])c1cccc(S(=O)(=O)N2CCC(Oc3ccncn3)CC2)c1. The molecule has 2 heterocycles. The van der Waals surface area contributed by atoms with Crippen LogP contribution in [0.5, 0.6) is 5.88 Å². The zero-order valence-electron chi connectivity index (χ0n) is 13.2. The van der Waals surface area contributed by atoms with Crippen LogP contribution in [0.15, 0.2) is 47.8 Å². The average molecular weight is 364 g/mol. The summed E-state index contributed by atoms with van der Waals surface area (Å²) >= 11 is 0. The smallest absolute Gasteiger partial charge is 0.270 e. The first-order valence-electron chi connectivity index (χ1n) is 7.64. The van der Waals surface area contributed by atoms with Gasteiger partial charge in [0.1, 0.15) is 12.4 Å². The zero-order chi connectivity index (χ0) is 17.9. The second kappa shape index (κ2) is 7.11. The van der Waals surface area contributed by atoms with Crippen LogP contribution in [0, 0.1) is 10.1 Å². The van der Waals surface area contributed by atoms with Crippen LogP contribution in [0.25, 0.3) is 0 Å². The average Bonchev–Trinajstić information content (AvgIpc) is 2.63. The number of nitro groups is 1. The number of nitro benzene ring substituents is 1. The number of ether oxygens (including phenoxy) is 1. The van der Waals surface area contributed by atoms with Crippen LogP contribution in [-0.4, -0.2) is 46.8 Å². The minimum Gasteiger partial charge on any atom is -0.474 e. The normalized spacial score (nSPS) is 16.5. The minimum absolute atomic E-state index is 0.0723. The third-order valence-electron chi connectivity index (χ3n) is 3.91. The summed E-state index contributed by atoms with van der Waals surface area (Å²) in [6.07, 6.45) is 3.85. The fourth-order valence-electron chi connectivity index (χ4n) is 2.62. The summed E-state index contributed by atoms with van der Waals surface area (Å²) in [7, 11) is -3.77. The second-order valence-electron chi connectivity index (χ2n) is 5.52. The Morgan fingerprint density at radius 2 is 2.00 bits per heavy atom. The number of nitrogens with zero attached hydrogens (tertiary/aromatic N) is 4. The third kappa shape index (κ3) is 3.91. The molecule has 2 aromatic rings. The number of hydrogen-bond donors (Lipinski definition) is 0. The molecular weight excluding hydrogens is 348 g/mol. The number of rotatable bonds is 5. The van der Waals surface area contributed by atoms with E-state index in [1.165, 1.54) is 28.8 Å². The van der Waals surface area contributed by atoms with Crippen molar-refractivity contribution in [3.8, 4) is 5.88 Å². The fourth-order valence-corrected chi connectivity index (χ4v) is 4.13. The summed E-state index contributed by atoms with van der Waals surface area (Å²) in [5.74, 6) is 0.454. The van der Waals surface area contributed by atoms with E-state index in [4.69, 9.17) is 4.74 Å². The van der Waals surface area contributed by atoms with Gasteiger partial charge in [0, 0.05) is 37.5 Å². The first kappa shape index (κ1) is 17.2. The maximum atomic E-state index is 12.7. The summed E-state index contributed by atoms with van der Waals surface area (Å²) in [6, 6.07) is 6.73. The monoisotopic (exact) mass is 364 g/mol. The molecule has 132 valence electrons. The van der Waals surface area contributed by atoms with Crippen molar-refractivity contribution in [3.63, 3.8) is 0 Å². The van der Waals surface area contributed by atoms with E-state index in [0.717, 1.165) is 6.07 Å². The summed E-state index contributed by atoms with van der Waals surface area (Å²) in [6.45, 7) is 0.557. The van der Waals surface area contributed by atoms with E-state index in [-0.39, 0.29) is 29.8 Å². The Hall–Kier alpha value is -2.59. The third-order valence-corrected chi connectivity index (χ3v) is 5.80. The van der Waals surface area contributed by atoms with Crippen LogP contribution in [0.4, 0.5) is 5.69 Å². The van der Waals surface area contributed by atoms with Gasteiger partial charge in [-0.1, -0.05) is 6.07 Å². The number of non-ortho nitro benzene ring substituents is 1. The first-order valence-corrected chi connectivity index (χ1v) is 9.08. The molecule has 1 aliphatic heterocycles. The molecule has 0 bridgehead atoms. The van der Waals surface area contributed by atoms with Gasteiger partial charge in [-0.3, -0.25) is 10.1 Å². The Morgan fingerprint density at radius 1 is 1.24 bits per heavy atom. The second-order valence-corrected chi connectivity index (χ2v) is 7.46. The molecule has 0 spiro atoms. The van der Waals surface area contributed by atoms with Gasteiger partial charge in [-0.25, -0.2) is 18.4 Å². The van der Waals surface area contributed by atoms with E-state index in [0.29, 0.717) is 18.7 Å². The van der Waals surface area contributed by atoms with Crippen LogP contribution >= 0.6 is 0 Å². The number of sulfonamides is 1. The maximum Gasteiger partial charge on any atom is 0.270 e. The number of benzene rings is 1. The van der Waals surface area contributed by atoms with Gasteiger partial charge in [-0.2, -0.15) is 4.31 Å². The molecule has 1 aliphatic rings. The lowest BCUT2D eigenvalue weighted by Gasteiger charge is -2.31. The molecule has 0 aliphatic carbocycles. The van der Waals surface area contributed by atoms with Gasteiger partial charge in [0.05, 0.1) is 9.82 Å². The predicted molar refractivity (Wildman–Crippen MR) is 87.5 cm³/mol. The van der Waals surface area contributed by atoms with Crippen molar-refractivity contribution in [2.75, 3.05) is 13.1 Å². The van der Waals surface area contributed by atoms with Crippen molar-refractivity contribution in [2.45, 2.75) is 23.8 Å². The molecule has 25 heavy (non-hydrogen) atoms. The first-order chi connectivity index (χ1) is 12.0. The zero-order valence-corrected chi connectivity index (χ0v) is 14.0. The van der Waals surface area contributed by atoms with Gasteiger partial charge < -0.3 is 4.74 Å². The molecule has 10 heteroatoms. The van der Waals surface area contributed by atoms with E-state index in [2.05, 4.69) is 9.97 Å². The Labute approximate surface area is 144 Å². The number of piperidine rings is 1. The molecule has 0 atom stereocenters. The Balaban J connectivity index is 1.67. The van der Waals surface area contributed by atoms with Gasteiger partial charge in [0.2, 0.25) is 15.9 Å². The molecule has 0 amide bonds. The van der Waals surface area contributed by atoms with Crippen LogP contribution in [0.2, 0.25) is 0 Å². The highest BCUT2D eigenvalue weighted by molar-refractivity contribution is 7.89. The van der Waals surface area contributed by atoms with E-state index in [1.54, 1.807) is 12.3 Å². The predicted octanol–water partition coefficient (Wildman–Crippen LogP) is 1.62. The molecule has 0 unspecified atom stereocenters. The van der Waals surface area contributed by atoms with Crippen molar-refractivity contribution >= 4 is 15.7 Å². The molecular formula is C15H16N4O5S. The lowest BCUT2D eigenvalue weighted by Crippen LogP contribution is -2.41. The molecule has 1 saturated heterocycles. The molecule has 1 aromatic carbocycles.